The normalized spacial score (nSPS) is 11.6. The SMILES string of the molecule is Cc1[nH]c2ccccc2c1/C=N/n1c(-c2ccccc2Br)n[nH]c1=S. The number of benzene rings is 2. The highest BCUT2D eigenvalue weighted by Gasteiger charge is 2.11. The van der Waals surface area contributed by atoms with Crippen molar-refractivity contribution in [2.24, 2.45) is 5.10 Å². The molecular weight excluding hydrogens is 398 g/mol. The number of hydrogen-bond donors (Lipinski definition) is 2. The fraction of sp³-hybridized carbons (Fsp3) is 0.0556. The Bertz CT molecular complexity index is 1150. The molecule has 5 nitrogen and oxygen atoms in total. The highest BCUT2D eigenvalue weighted by Crippen LogP contribution is 2.26. The number of aryl methyl sites for hydroxylation is 1. The van der Waals surface area contributed by atoms with Gasteiger partial charge in [-0.2, -0.15) is 14.9 Å². The van der Waals surface area contributed by atoms with Crippen molar-refractivity contribution in [3.8, 4) is 11.4 Å². The number of para-hydroxylation sites is 1. The molecule has 0 bridgehead atoms. The van der Waals surface area contributed by atoms with Crippen LogP contribution in [0.5, 0.6) is 0 Å². The Morgan fingerprint density at radius 3 is 2.76 bits per heavy atom. The number of fused-ring (bicyclic) bond motifs is 1. The van der Waals surface area contributed by atoms with E-state index in [0.717, 1.165) is 32.2 Å². The Balaban J connectivity index is 1.83. The summed E-state index contributed by atoms with van der Waals surface area (Å²) in [5.41, 5.74) is 4.10. The van der Waals surface area contributed by atoms with Gasteiger partial charge >= 0.3 is 0 Å². The fourth-order valence-corrected chi connectivity index (χ4v) is 3.44. The van der Waals surface area contributed by atoms with Gasteiger partial charge in [-0.1, -0.05) is 46.3 Å². The maximum absolute atomic E-state index is 5.35. The van der Waals surface area contributed by atoms with Crippen molar-refractivity contribution in [1.82, 2.24) is 19.9 Å². The van der Waals surface area contributed by atoms with E-state index in [1.807, 2.05) is 49.5 Å². The number of hydrogen-bond acceptors (Lipinski definition) is 3. The van der Waals surface area contributed by atoms with Gasteiger partial charge < -0.3 is 4.98 Å². The second-order valence-electron chi connectivity index (χ2n) is 5.60. The third kappa shape index (κ3) is 2.85. The van der Waals surface area contributed by atoms with E-state index in [1.165, 1.54) is 0 Å². The standard InChI is InChI=1S/C18H14BrN5S/c1-11-14(12-6-3-5-9-16(12)21-11)10-20-24-17(22-23-18(24)25)13-7-2-4-8-15(13)19/h2-10,21H,1H3,(H,23,25)/b20-10+. The zero-order chi connectivity index (χ0) is 17.4. The van der Waals surface area contributed by atoms with Crippen molar-refractivity contribution in [3.63, 3.8) is 0 Å². The van der Waals surface area contributed by atoms with E-state index in [2.05, 4.69) is 48.3 Å². The van der Waals surface area contributed by atoms with Crippen LogP contribution in [0.3, 0.4) is 0 Å². The Morgan fingerprint density at radius 1 is 1.16 bits per heavy atom. The number of aromatic nitrogens is 4. The Kier molecular flexibility index (Phi) is 4.10. The van der Waals surface area contributed by atoms with Gasteiger partial charge in [-0.25, -0.2) is 5.10 Å². The summed E-state index contributed by atoms with van der Waals surface area (Å²) in [6.07, 6.45) is 1.82. The molecule has 7 heteroatoms. The van der Waals surface area contributed by atoms with Gasteiger partial charge in [0.15, 0.2) is 5.82 Å². The van der Waals surface area contributed by atoms with Gasteiger partial charge in [-0.05, 0) is 37.3 Å². The van der Waals surface area contributed by atoms with E-state index in [1.54, 1.807) is 4.68 Å². The summed E-state index contributed by atoms with van der Waals surface area (Å²) < 4.78 is 3.01. The summed E-state index contributed by atoms with van der Waals surface area (Å²) in [6, 6.07) is 16.0. The zero-order valence-electron chi connectivity index (χ0n) is 13.3. The third-order valence-corrected chi connectivity index (χ3v) is 4.97. The van der Waals surface area contributed by atoms with Crippen LogP contribution in [0.4, 0.5) is 0 Å². The van der Waals surface area contributed by atoms with Gasteiger partial charge in [0.2, 0.25) is 4.77 Å². The first-order valence-electron chi connectivity index (χ1n) is 7.69. The molecule has 0 unspecified atom stereocenters. The number of nitrogens with one attached hydrogen (secondary N) is 2. The van der Waals surface area contributed by atoms with Crippen LogP contribution >= 0.6 is 28.1 Å². The molecule has 0 saturated carbocycles. The predicted molar refractivity (Wildman–Crippen MR) is 107 cm³/mol. The molecule has 0 atom stereocenters. The summed E-state index contributed by atoms with van der Waals surface area (Å²) in [4.78, 5) is 3.37. The van der Waals surface area contributed by atoms with Crippen LogP contribution in [0.2, 0.25) is 0 Å². The Labute approximate surface area is 157 Å². The lowest BCUT2D eigenvalue weighted by molar-refractivity contribution is 0.871. The van der Waals surface area contributed by atoms with Crippen LogP contribution in [0.1, 0.15) is 11.3 Å². The first-order chi connectivity index (χ1) is 12.1. The van der Waals surface area contributed by atoms with Crippen molar-refractivity contribution in [2.75, 3.05) is 0 Å². The number of H-pyrrole nitrogens is 2. The molecule has 2 N–H and O–H groups in total. The van der Waals surface area contributed by atoms with Crippen LogP contribution in [-0.4, -0.2) is 26.1 Å². The van der Waals surface area contributed by atoms with Gasteiger partial charge in [-0.3, -0.25) is 0 Å². The molecule has 124 valence electrons. The molecule has 0 radical (unpaired) electrons. The molecule has 0 aliphatic heterocycles. The van der Waals surface area contributed by atoms with E-state index in [9.17, 15) is 0 Å². The van der Waals surface area contributed by atoms with Gasteiger partial charge in [-0.15, -0.1) is 0 Å². The number of halogens is 1. The van der Waals surface area contributed by atoms with Gasteiger partial charge in [0.1, 0.15) is 0 Å². The summed E-state index contributed by atoms with van der Waals surface area (Å²) in [7, 11) is 0. The van der Waals surface area contributed by atoms with Crippen LogP contribution in [0.15, 0.2) is 58.1 Å². The van der Waals surface area contributed by atoms with Crippen molar-refractivity contribution >= 4 is 45.3 Å². The molecule has 2 heterocycles. The molecular formula is C18H14BrN5S. The molecule has 0 spiro atoms. The Morgan fingerprint density at radius 2 is 1.92 bits per heavy atom. The average Bonchev–Trinajstić information content (AvgIpc) is 3.13. The monoisotopic (exact) mass is 411 g/mol. The maximum atomic E-state index is 5.35. The maximum Gasteiger partial charge on any atom is 0.216 e. The second kappa shape index (κ2) is 6.42. The van der Waals surface area contributed by atoms with Crippen molar-refractivity contribution in [1.29, 1.82) is 0 Å². The number of aromatic amines is 2. The minimum absolute atomic E-state index is 0.444. The molecule has 0 aliphatic rings. The quantitative estimate of drug-likeness (QED) is 0.366. The minimum Gasteiger partial charge on any atom is -0.358 e. The van der Waals surface area contributed by atoms with E-state index in [4.69, 9.17) is 12.2 Å². The summed E-state index contributed by atoms with van der Waals surface area (Å²) in [5, 5.41) is 12.9. The largest absolute Gasteiger partial charge is 0.358 e. The molecule has 2 aromatic carbocycles. The predicted octanol–water partition coefficient (Wildman–Crippen LogP) is 5.04. The first-order valence-corrected chi connectivity index (χ1v) is 8.89. The van der Waals surface area contributed by atoms with E-state index < -0.39 is 0 Å². The molecule has 0 amide bonds. The van der Waals surface area contributed by atoms with Gasteiger partial charge in [0, 0.05) is 32.2 Å². The highest BCUT2D eigenvalue weighted by molar-refractivity contribution is 9.10. The van der Waals surface area contributed by atoms with Crippen LogP contribution < -0.4 is 0 Å². The molecule has 25 heavy (non-hydrogen) atoms. The summed E-state index contributed by atoms with van der Waals surface area (Å²) in [6.45, 7) is 2.03. The van der Waals surface area contributed by atoms with Crippen LogP contribution in [-0.2, 0) is 0 Å². The molecule has 2 aromatic heterocycles. The van der Waals surface area contributed by atoms with Gasteiger partial charge in [0.05, 0.1) is 6.21 Å². The van der Waals surface area contributed by atoms with E-state index in [-0.39, 0.29) is 0 Å². The van der Waals surface area contributed by atoms with Gasteiger partial charge in [0.25, 0.3) is 0 Å². The number of rotatable bonds is 3. The highest BCUT2D eigenvalue weighted by atomic mass is 79.9. The molecule has 4 aromatic rings. The zero-order valence-corrected chi connectivity index (χ0v) is 15.7. The molecule has 0 saturated heterocycles. The summed E-state index contributed by atoms with van der Waals surface area (Å²) >= 11 is 8.90. The van der Waals surface area contributed by atoms with Crippen molar-refractivity contribution in [3.05, 3.63) is 69.0 Å². The summed E-state index contributed by atoms with van der Waals surface area (Å²) in [5.74, 6) is 0.659. The third-order valence-electron chi connectivity index (χ3n) is 4.01. The lowest BCUT2D eigenvalue weighted by atomic mass is 10.1. The molecule has 4 rings (SSSR count). The lowest BCUT2D eigenvalue weighted by Crippen LogP contribution is -1.96. The Hall–Kier alpha value is -2.51. The molecule has 0 fully saturated rings. The lowest BCUT2D eigenvalue weighted by Gasteiger charge is -2.03. The molecule has 0 aliphatic carbocycles. The van der Waals surface area contributed by atoms with Crippen LogP contribution in [0.25, 0.3) is 22.3 Å². The van der Waals surface area contributed by atoms with Crippen LogP contribution in [0, 0.1) is 11.7 Å². The topological polar surface area (TPSA) is 61.8 Å². The average molecular weight is 412 g/mol. The number of nitrogens with zero attached hydrogens (tertiary/aromatic N) is 3. The van der Waals surface area contributed by atoms with E-state index in [0.29, 0.717) is 10.6 Å². The minimum atomic E-state index is 0.444. The first kappa shape index (κ1) is 16.0. The van der Waals surface area contributed by atoms with Crippen molar-refractivity contribution < 1.29 is 0 Å². The second-order valence-corrected chi connectivity index (χ2v) is 6.84. The van der Waals surface area contributed by atoms with E-state index >= 15 is 0 Å². The van der Waals surface area contributed by atoms with Crippen molar-refractivity contribution in [2.45, 2.75) is 6.92 Å². The fourth-order valence-electron chi connectivity index (χ4n) is 2.80. The smallest absolute Gasteiger partial charge is 0.216 e.